The van der Waals surface area contributed by atoms with Crippen molar-refractivity contribution in [2.75, 3.05) is 0 Å². The minimum absolute atomic E-state index is 0.0348. The van der Waals surface area contributed by atoms with Crippen molar-refractivity contribution in [2.45, 2.75) is 50.9 Å². The van der Waals surface area contributed by atoms with Crippen LogP contribution in [0.1, 0.15) is 56.0 Å². The lowest BCUT2D eigenvalue weighted by Crippen LogP contribution is -2.14. The van der Waals surface area contributed by atoms with Crippen LogP contribution in [0.15, 0.2) is 10.9 Å². The van der Waals surface area contributed by atoms with E-state index in [0.717, 1.165) is 23.9 Å². The molecule has 86 valence electrons. The summed E-state index contributed by atoms with van der Waals surface area (Å²) in [6.07, 6.45) is 8.57. The van der Waals surface area contributed by atoms with Gasteiger partial charge in [0.2, 0.25) is 0 Å². The van der Waals surface area contributed by atoms with Gasteiger partial charge in [-0.05, 0) is 31.6 Å². The molecule has 0 aliphatic heterocycles. The summed E-state index contributed by atoms with van der Waals surface area (Å²) in [4.78, 5) is 19.1. The number of H-pyrrole nitrogens is 1. The van der Waals surface area contributed by atoms with Crippen LogP contribution in [-0.2, 0) is 6.42 Å². The Morgan fingerprint density at radius 2 is 2.00 bits per heavy atom. The van der Waals surface area contributed by atoms with Gasteiger partial charge in [-0.15, -0.1) is 0 Å². The van der Waals surface area contributed by atoms with Gasteiger partial charge < -0.3 is 4.98 Å². The molecule has 1 aromatic rings. The van der Waals surface area contributed by atoms with Crippen LogP contribution in [0.4, 0.5) is 0 Å². The normalized spacial score (nSPS) is 21.5. The predicted molar refractivity (Wildman–Crippen MR) is 62.5 cm³/mol. The third kappa shape index (κ3) is 2.18. The van der Waals surface area contributed by atoms with Gasteiger partial charge in [0, 0.05) is 18.4 Å². The SMILES string of the molecule is O=c1cc(C2CCCC2)nc(CC2CC2)[nH]1. The molecular formula is C13H18N2O. The first-order valence-electron chi connectivity index (χ1n) is 6.41. The standard InChI is InChI=1S/C13H18N2O/c16-13-8-11(10-3-1-2-4-10)14-12(15-13)7-9-5-6-9/h8-10H,1-7H2,(H,14,15,16). The van der Waals surface area contributed by atoms with Crippen LogP contribution in [0.25, 0.3) is 0 Å². The van der Waals surface area contributed by atoms with E-state index in [1.165, 1.54) is 38.5 Å². The lowest BCUT2D eigenvalue weighted by Gasteiger charge is -2.09. The molecule has 2 fully saturated rings. The van der Waals surface area contributed by atoms with Crippen molar-refractivity contribution in [2.24, 2.45) is 5.92 Å². The number of hydrogen-bond acceptors (Lipinski definition) is 2. The first-order chi connectivity index (χ1) is 7.81. The van der Waals surface area contributed by atoms with Crippen molar-refractivity contribution in [3.05, 3.63) is 27.9 Å². The summed E-state index contributed by atoms with van der Waals surface area (Å²) in [5, 5.41) is 0. The molecule has 2 aliphatic rings. The molecule has 2 aliphatic carbocycles. The molecule has 2 saturated carbocycles. The molecule has 3 heteroatoms. The second-order valence-corrected chi connectivity index (χ2v) is 5.25. The number of nitrogens with one attached hydrogen (secondary N) is 1. The Bertz CT molecular complexity index is 428. The lowest BCUT2D eigenvalue weighted by atomic mass is 10.0. The first kappa shape index (κ1) is 10.1. The fourth-order valence-corrected chi connectivity index (χ4v) is 2.65. The summed E-state index contributed by atoms with van der Waals surface area (Å²) in [5.74, 6) is 2.24. The maximum atomic E-state index is 11.6. The molecule has 0 atom stereocenters. The molecule has 0 bridgehead atoms. The van der Waals surface area contributed by atoms with Gasteiger partial charge in [-0.1, -0.05) is 12.8 Å². The van der Waals surface area contributed by atoms with E-state index < -0.39 is 0 Å². The molecule has 0 unspecified atom stereocenters. The summed E-state index contributed by atoms with van der Waals surface area (Å²) in [6.45, 7) is 0. The number of aromatic nitrogens is 2. The summed E-state index contributed by atoms with van der Waals surface area (Å²) >= 11 is 0. The van der Waals surface area contributed by atoms with E-state index in [9.17, 15) is 4.79 Å². The van der Waals surface area contributed by atoms with Gasteiger partial charge in [0.25, 0.3) is 5.56 Å². The zero-order valence-corrected chi connectivity index (χ0v) is 9.54. The van der Waals surface area contributed by atoms with Crippen LogP contribution in [0.2, 0.25) is 0 Å². The molecule has 1 heterocycles. The van der Waals surface area contributed by atoms with Crippen LogP contribution >= 0.6 is 0 Å². The Hall–Kier alpha value is -1.12. The van der Waals surface area contributed by atoms with E-state index in [-0.39, 0.29) is 5.56 Å². The Labute approximate surface area is 95.3 Å². The first-order valence-corrected chi connectivity index (χ1v) is 6.41. The third-order valence-corrected chi connectivity index (χ3v) is 3.76. The second kappa shape index (κ2) is 4.04. The van der Waals surface area contributed by atoms with Crippen molar-refractivity contribution in [3.8, 4) is 0 Å². The summed E-state index contributed by atoms with van der Waals surface area (Å²) in [6, 6.07) is 1.70. The Kier molecular flexibility index (Phi) is 2.54. The molecule has 3 rings (SSSR count). The van der Waals surface area contributed by atoms with E-state index in [1.54, 1.807) is 6.07 Å². The highest BCUT2D eigenvalue weighted by Crippen LogP contribution is 2.34. The van der Waals surface area contributed by atoms with Crippen LogP contribution in [0, 0.1) is 5.92 Å². The fraction of sp³-hybridized carbons (Fsp3) is 0.692. The van der Waals surface area contributed by atoms with E-state index in [0.29, 0.717) is 5.92 Å². The van der Waals surface area contributed by atoms with Crippen LogP contribution in [-0.4, -0.2) is 9.97 Å². The number of aromatic amines is 1. The fourth-order valence-electron chi connectivity index (χ4n) is 2.65. The maximum absolute atomic E-state index is 11.6. The molecule has 1 aromatic heterocycles. The van der Waals surface area contributed by atoms with Gasteiger partial charge in [-0.25, -0.2) is 4.98 Å². The molecule has 0 saturated heterocycles. The Balaban J connectivity index is 1.85. The molecule has 16 heavy (non-hydrogen) atoms. The molecule has 0 spiro atoms. The minimum atomic E-state index is 0.0348. The summed E-state index contributed by atoms with van der Waals surface area (Å²) < 4.78 is 0. The number of nitrogens with zero attached hydrogens (tertiary/aromatic N) is 1. The predicted octanol–water partition coefficient (Wildman–Crippen LogP) is 2.38. The average molecular weight is 218 g/mol. The van der Waals surface area contributed by atoms with Gasteiger partial charge >= 0.3 is 0 Å². The van der Waals surface area contributed by atoms with Crippen LogP contribution in [0.3, 0.4) is 0 Å². The van der Waals surface area contributed by atoms with Crippen molar-refractivity contribution in [1.29, 1.82) is 0 Å². The highest BCUT2D eigenvalue weighted by Gasteiger charge is 2.24. The van der Waals surface area contributed by atoms with Crippen molar-refractivity contribution < 1.29 is 0 Å². The van der Waals surface area contributed by atoms with Crippen molar-refractivity contribution in [1.82, 2.24) is 9.97 Å². The van der Waals surface area contributed by atoms with E-state index >= 15 is 0 Å². The second-order valence-electron chi connectivity index (χ2n) is 5.25. The largest absolute Gasteiger partial charge is 0.311 e. The smallest absolute Gasteiger partial charge is 0.251 e. The lowest BCUT2D eigenvalue weighted by molar-refractivity contribution is 0.668. The van der Waals surface area contributed by atoms with E-state index in [4.69, 9.17) is 0 Å². The number of rotatable bonds is 3. The topological polar surface area (TPSA) is 45.8 Å². The summed E-state index contributed by atoms with van der Waals surface area (Å²) in [5.41, 5.74) is 1.07. The third-order valence-electron chi connectivity index (χ3n) is 3.76. The van der Waals surface area contributed by atoms with Crippen molar-refractivity contribution in [3.63, 3.8) is 0 Å². The quantitative estimate of drug-likeness (QED) is 0.846. The highest BCUT2D eigenvalue weighted by molar-refractivity contribution is 5.11. The van der Waals surface area contributed by atoms with Gasteiger partial charge in [-0.2, -0.15) is 0 Å². The van der Waals surface area contributed by atoms with Crippen molar-refractivity contribution >= 4 is 0 Å². The van der Waals surface area contributed by atoms with E-state index in [2.05, 4.69) is 9.97 Å². The maximum Gasteiger partial charge on any atom is 0.251 e. The van der Waals surface area contributed by atoms with Crippen LogP contribution < -0.4 is 5.56 Å². The van der Waals surface area contributed by atoms with Gasteiger partial charge in [0.1, 0.15) is 5.82 Å². The molecule has 1 N–H and O–H groups in total. The van der Waals surface area contributed by atoms with Crippen LogP contribution in [0.5, 0.6) is 0 Å². The van der Waals surface area contributed by atoms with Gasteiger partial charge in [0.15, 0.2) is 0 Å². The Morgan fingerprint density at radius 1 is 1.25 bits per heavy atom. The average Bonchev–Trinajstić information content (AvgIpc) is 2.90. The van der Waals surface area contributed by atoms with E-state index in [1.807, 2.05) is 0 Å². The van der Waals surface area contributed by atoms with Gasteiger partial charge in [-0.3, -0.25) is 4.79 Å². The molecule has 0 amide bonds. The minimum Gasteiger partial charge on any atom is -0.311 e. The molecule has 3 nitrogen and oxygen atoms in total. The monoisotopic (exact) mass is 218 g/mol. The summed E-state index contributed by atoms with van der Waals surface area (Å²) in [7, 11) is 0. The Morgan fingerprint density at radius 3 is 2.69 bits per heavy atom. The van der Waals surface area contributed by atoms with Gasteiger partial charge in [0.05, 0.1) is 5.69 Å². The molecule has 0 radical (unpaired) electrons. The number of hydrogen-bond donors (Lipinski definition) is 1. The molecule has 0 aromatic carbocycles. The zero-order chi connectivity index (χ0) is 11.0. The zero-order valence-electron chi connectivity index (χ0n) is 9.54. The molecular weight excluding hydrogens is 200 g/mol. The highest BCUT2D eigenvalue weighted by atomic mass is 16.1.